The van der Waals surface area contributed by atoms with E-state index in [-0.39, 0.29) is 24.0 Å². The predicted molar refractivity (Wildman–Crippen MR) is 136 cm³/mol. The average Bonchev–Trinajstić information content (AvgIpc) is 2.75. The molecule has 0 aliphatic carbocycles. The van der Waals surface area contributed by atoms with E-state index in [1.165, 1.54) is 11.1 Å². The first-order chi connectivity index (χ1) is 14.2. The maximum absolute atomic E-state index is 9.36. The second-order valence-corrected chi connectivity index (χ2v) is 7.71. The lowest BCUT2D eigenvalue weighted by Gasteiger charge is -2.33. The number of hydrogen-bond donors (Lipinski definition) is 3. The standard InChI is InChI=1S/C24H34N4O.HI/c1-2-25-24(26-16-6-9-20-10-12-23(29)13-11-20)27-22-14-17-28(18-15-22)19-21-7-4-3-5-8-21;/h3-5,7-8,10-13,22,29H,2,6,9,14-19H2,1H3,(H2,25,26,27);1H. The topological polar surface area (TPSA) is 59.9 Å². The predicted octanol–water partition coefficient (Wildman–Crippen LogP) is 4.16. The van der Waals surface area contributed by atoms with Crippen LogP contribution < -0.4 is 10.6 Å². The van der Waals surface area contributed by atoms with Gasteiger partial charge in [0, 0.05) is 38.8 Å². The molecular weight excluding hydrogens is 487 g/mol. The summed E-state index contributed by atoms with van der Waals surface area (Å²) in [7, 11) is 0. The number of aryl methyl sites for hydroxylation is 1. The van der Waals surface area contributed by atoms with Gasteiger partial charge in [-0.3, -0.25) is 9.89 Å². The normalized spacial score (nSPS) is 15.4. The van der Waals surface area contributed by atoms with E-state index < -0.39 is 0 Å². The first-order valence-electron chi connectivity index (χ1n) is 10.8. The minimum Gasteiger partial charge on any atom is -0.508 e. The zero-order valence-electron chi connectivity index (χ0n) is 17.9. The molecule has 0 spiro atoms. The fraction of sp³-hybridized carbons (Fsp3) is 0.458. The average molecular weight is 522 g/mol. The smallest absolute Gasteiger partial charge is 0.191 e. The summed E-state index contributed by atoms with van der Waals surface area (Å²) >= 11 is 0. The summed E-state index contributed by atoms with van der Waals surface area (Å²) in [5.74, 6) is 1.25. The van der Waals surface area contributed by atoms with E-state index in [9.17, 15) is 5.11 Å². The van der Waals surface area contributed by atoms with Crippen molar-refractivity contribution >= 4 is 29.9 Å². The molecule has 0 saturated carbocycles. The van der Waals surface area contributed by atoms with Crippen molar-refractivity contribution in [1.29, 1.82) is 0 Å². The zero-order valence-corrected chi connectivity index (χ0v) is 20.2. The fourth-order valence-corrected chi connectivity index (χ4v) is 3.73. The molecule has 30 heavy (non-hydrogen) atoms. The van der Waals surface area contributed by atoms with Gasteiger partial charge in [0.1, 0.15) is 5.75 Å². The van der Waals surface area contributed by atoms with Gasteiger partial charge in [0.05, 0.1) is 0 Å². The van der Waals surface area contributed by atoms with Gasteiger partial charge in [0.25, 0.3) is 0 Å². The van der Waals surface area contributed by atoms with E-state index in [1.807, 2.05) is 12.1 Å². The highest BCUT2D eigenvalue weighted by Gasteiger charge is 2.19. The number of phenolic OH excluding ortho intramolecular Hbond substituents is 1. The van der Waals surface area contributed by atoms with Crippen molar-refractivity contribution in [1.82, 2.24) is 15.5 Å². The molecule has 0 unspecified atom stereocenters. The molecule has 0 radical (unpaired) electrons. The van der Waals surface area contributed by atoms with E-state index in [1.54, 1.807) is 12.1 Å². The molecule has 0 atom stereocenters. The minimum atomic E-state index is 0. The van der Waals surface area contributed by atoms with E-state index in [0.29, 0.717) is 11.8 Å². The molecule has 1 fully saturated rings. The van der Waals surface area contributed by atoms with Gasteiger partial charge in [-0.05, 0) is 55.9 Å². The van der Waals surface area contributed by atoms with Crippen LogP contribution in [0.25, 0.3) is 0 Å². The van der Waals surface area contributed by atoms with Crippen molar-refractivity contribution in [2.75, 3.05) is 26.2 Å². The van der Waals surface area contributed by atoms with Crippen LogP contribution in [0.4, 0.5) is 0 Å². The van der Waals surface area contributed by atoms with Crippen LogP contribution in [0, 0.1) is 0 Å². The third kappa shape index (κ3) is 8.52. The van der Waals surface area contributed by atoms with E-state index in [2.05, 4.69) is 52.8 Å². The second kappa shape index (κ2) is 13.5. The van der Waals surface area contributed by atoms with Gasteiger partial charge in [-0.25, -0.2) is 0 Å². The van der Waals surface area contributed by atoms with Gasteiger partial charge in [0.2, 0.25) is 0 Å². The summed E-state index contributed by atoms with van der Waals surface area (Å²) in [5.41, 5.74) is 2.63. The Hall–Kier alpha value is -1.80. The Balaban J connectivity index is 0.00000320. The number of nitrogens with zero attached hydrogens (tertiary/aromatic N) is 2. The number of aliphatic imine (C=N–C) groups is 1. The highest BCUT2D eigenvalue weighted by atomic mass is 127. The van der Waals surface area contributed by atoms with E-state index in [0.717, 1.165) is 64.4 Å². The van der Waals surface area contributed by atoms with Crippen molar-refractivity contribution < 1.29 is 5.11 Å². The molecule has 1 heterocycles. The molecule has 1 saturated heterocycles. The first kappa shape index (κ1) is 24.5. The van der Waals surface area contributed by atoms with Crippen molar-refractivity contribution in [2.24, 2.45) is 4.99 Å². The molecule has 3 N–H and O–H groups in total. The number of phenols is 1. The minimum absolute atomic E-state index is 0. The van der Waals surface area contributed by atoms with E-state index in [4.69, 9.17) is 4.99 Å². The lowest BCUT2D eigenvalue weighted by molar-refractivity contribution is 0.198. The first-order valence-corrected chi connectivity index (χ1v) is 10.8. The second-order valence-electron chi connectivity index (χ2n) is 7.71. The Bertz CT molecular complexity index is 744. The van der Waals surface area contributed by atoms with Gasteiger partial charge in [0.15, 0.2) is 5.96 Å². The molecule has 3 rings (SSSR count). The van der Waals surface area contributed by atoms with Crippen LogP contribution in [-0.4, -0.2) is 48.2 Å². The number of piperidine rings is 1. The van der Waals surface area contributed by atoms with Gasteiger partial charge < -0.3 is 15.7 Å². The van der Waals surface area contributed by atoms with Crippen LogP contribution in [0.5, 0.6) is 5.75 Å². The van der Waals surface area contributed by atoms with Gasteiger partial charge in [-0.1, -0.05) is 42.5 Å². The Morgan fingerprint density at radius 3 is 2.40 bits per heavy atom. The lowest BCUT2D eigenvalue weighted by Crippen LogP contribution is -2.48. The maximum Gasteiger partial charge on any atom is 0.191 e. The number of likely N-dealkylation sites (tertiary alicyclic amines) is 1. The summed E-state index contributed by atoms with van der Waals surface area (Å²) < 4.78 is 0. The Labute approximate surface area is 198 Å². The number of nitrogens with one attached hydrogen (secondary N) is 2. The maximum atomic E-state index is 9.36. The van der Waals surface area contributed by atoms with Crippen LogP contribution in [0.1, 0.15) is 37.3 Å². The summed E-state index contributed by atoms with van der Waals surface area (Å²) in [5, 5.41) is 16.4. The third-order valence-corrected chi connectivity index (χ3v) is 5.35. The Morgan fingerprint density at radius 1 is 1.03 bits per heavy atom. The molecule has 1 aliphatic rings. The van der Waals surface area contributed by atoms with Gasteiger partial charge >= 0.3 is 0 Å². The van der Waals surface area contributed by atoms with Crippen LogP contribution in [0.15, 0.2) is 59.6 Å². The van der Waals surface area contributed by atoms with Crippen molar-refractivity contribution in [3.63, 3.8) is 0 Å². The van der Waals surface area contributed by atoms with Crippen molar-refractivity contribution in [3.8, 4) is 5.75 Å². The molecule has 5 nitrogen and oxygen atoms in total. The largest absolute Gasteiger partial charge is 0.508 e. The molecule has 0 amide bonds. The van der Waals surface area contributed by atoms with Crippen LogP contribution in [0.2, 0.25) is 0 Å². The zero-order chi connectivity index (χ0) is 20.3. The van der Waals surface area contributed by atoms with Crippen molar-refractivity contribution in [3.05, 3.63) is 65.7 Å². The van der Waals surface area contributed by atoms with Crippen LogP contribution >= 0.6 is 24.0 Å². The quantitative estimate of drug-likeness (QED) is 0.211. The number of halogens is 1. The highest BCUT2D eigenvalue weighted by Crippen LogP contribution is 2.14. The Morgan fingerprint density at radius 2 is 1.73 bits per heavy atom. The number of rotatable bonds is 8. The SMILES string of the molecule is CCNC(=NCCCc1ccc(O)cc1)NC1CCN(Cc2ccccc2)CC1.I. The molecule has 0 aromatic heterocycles. The molecule has 2 aromatic rings. The molecule has 0 bridgehead atoms. The van der Waals surface area contributed by atoms with E-state index >= 15 is 0 Å². The summed E-state index contributed by atoms with van der Waals surface area (Å²) in [6.45, 7) is 7.05. The van der Waals surface area contributed by atoms with Gasteiger partial charge in [-0.2, -0.15) is 0 Å². The van der Waals surface area contributed by atoms with Crippen LogP contribution in [-0.2, 0) is 13.0 Å². The number of hydrogen-bond acceptors (Lipinski definition) is 3. The number of benzene rings is 2. The third-order valence-electron chi connectivity index (χ3n) is 5.35. The van der Waals surface area contributed by atoms with Crippen LogP contribution in [0.3, 0.4) is 0 Å². The summed E-state index contributed by atoms with van der Waals surface area (Å²) in [6.07, 6.45) is 4.26. The summed E-state index contributed by atoms with van der Waals surface area (Å²) in [4.78, 5) is 7.30. The Kier molecular flexibility index (Phi) is 11.0. The molecule has 164 valence electrons. The van der Waals surface area contributed by atoms with Gasteiger partial charge in [-0.15, -0.1) is 24.0 Å². The summed E-state index contributed by atoms with van der Waals surface area (Å²) in [6, 6.07) is 18.6. The number of guanidine groups is 1. The van der Waals surface area contributed by atoms with Crippen molar-refractivity contribution in [2.45, 2.75) is 45.2 Å². The molecule has 2 aromatic carbocycles. The fourth-order valence-electron chi connectivity index (χ4n) is 3.73. The molecule has 1 aliphatic heterocycles. The monoisotopic (exact) mass is 522 g/mol. The highest BCUT2D eigenvalue weighted by molar-refractivity contribution is 14.0. The lowest BCUT2D eigenvalue weighted by atomic mass is 10.0. The molecule has 6 heteroatoms. The molecular formula is C24H35IN4O. The number of aromatic hydroxyl groups is 1.